The van der Waals surface area contributed by atoms with Gasteiger partial charge in [0, 0.05) is 10.8 Å². The smallest absolute Gasteiger partial charge is 0.126 e. The molecule has 39 heavy (non-hydrogen) atoms. The lowest BCUT2D eigenvalue weighted by molar-refractivity contribution is -0.116. The maximum Gasteiger partial charge on any atom is 0.126 e. The SMILES string of the molecule is CCCCCCCCCCCCCC(C1CC[C@H]2[C@@H]3CC=C4CC(O)C=C[C@]4(C)[C@H]3CC[C@]12C)C1(C=O)CC1. The van der Waals surface area contributed by atoms with Gasteiger partial charge in [-0.2, -0.15) is 0 Å². The molecule has 0 heterocycles. The molecule has 0 saturated heterocycles. The van der Waals surface area contributed by atoms with Crippen LogP contribution in [0.25, 0.3) is 0 Å². The molecule has 5 aliphatic rings. The van der Waals surface area contributed by atoms with Gasteiger partial charge in [0.25, 0.3) is 0 Å². The van der Waals surface area contributed by atoms with Gasteiger partial charge in [0.2, 0.25) is 0 Å². The Morgan fingerprint density at radius 1 is 0.897 bits per heavy atom. The van der Waals surface area contributed by atoms with Gasteiger partial charge in [-0.3, -0.25) is 0 Å². The molecule has 0 spiro atoms. The molecular weight excluding hydrogens is 476 g/mol. The number of rotatable bonds is 15. The molecule has 3 fully saturated rings. The second kappa shape index (κ2) is 12.5. The van der Waals surface area contributed by atoms with Crippen LogP contribution in [0.2, 0.25) is 0 Å². The quantitative estimate of drug-likeness (QED) is 0.128. The number of aldehydes is 1. The van der Waals surface area contributed by atoms with Crippen LogP contribution in [0.1, 0.15) is 149 Å². The zero-order valence-corrected chi connectivity index (χ0v) is 25.8. The summed E-state index contributed by atoms with van der Waals surface area (Å²) in [4.78, 5) is 12.5. The summed E-state index contributed by atoms with van der Waals surface area (Å²) in [5.41, 5.74) is 2.08. The maximum atomic E-state index is 12.5. The topological polar surface area (TPSA) is 37.3 Å². The van der Waals surface area contributed by atoms with E-state index >= 15 is 0 Å². The summed E-state index contributed by atoms with van der Waals surface area (Å²) >= 11 is 0. The molecule has 0 aromatic carbocycles. The largest absolute Gasteiger partial charge is 0.389 e. The molecule has 0 radical (unpaired) electrons. The number of aliphatic hydroxyl groups excluding tert-OH is 1. The Kier molecular flexibility index (Phi) is 9.52. The average Bonchev–Trinajstić information content (AvgIpc) is 3.65. The van der Waals surface area contributed by atoms with Gasteiger partial charge in [-0.25, -0.2) is 0 Å². The molecule has 1 N–H and O–H groups in total. The third kappa shape index (κ3) is 5.89. The zero-order valence-electron chi connectivity index (χ0n) is 25.8. The number of hydrogen-bond donors (Lipinski definition) is 1. The predicted molar refractivity (Wildman–Crippen MR) is 163 cm³/mol. The van der Waals surface area contributed by atoms with Gasteiger partial charge in [0.1, 0.15) is 6.29 Å². The second-order valence-electron chi connectivity index (χ2n) is 15.3. The molecule has 3 saturated carbocycles. The van der Waals surface area contributed by atoms with E-state index in [0.29, 0.717) is 11.3 Å². The van der Waals surface area contributed by atoms with Crippen molar-refractivity contribution in [1.82, 2.24) is 0 Å². The van der Waals surface area contributed by atoms with E-state index in [1.165, 1.54) is 121 Å². The van der Waals surface area contributed by atoms with Gasteiger partial charge in [0.05, 0.1) is 6.10 Å². The van der Waals surface area contributed by atoms with Crippen molar-refractivity contribution in [2.24, 2.45) is 45.8 Å². The van der Waals surface area contributed by atoms with Gasteiger partial charge >= 0.3 is 0 Å². The van der Waals surface area contributed by atoms with E-state index in [-0.39, 0.29) is 16.9 Å². The van der Waals surface area contributed by atoms with Crippen LogP contribution in [-0.2, 0) is 4.79 Å². The van der Waals surface area contributed by atoms with Crippen LogP contribution in [0.3, 0.4) is 0 Å². The highest BCUT2D eigenvalue weighted by Gasteiger charge is 2.62. The van der Waals surface area contributed by atoms with Crippen LogP contribution >= 0.6 is 0 Å². The number of aliphatic hydroxyl groups is 1. The van der Waals surface area contributed by atoms with Gasteiger partial charge in [-0.05, 0) is 92.8 Å². The minimum absolute atomic E-state index is 0.0196. The monoisotopic (exact) mass is 536 g/mol. The molecule has 0 bridgehead atoms. The fourth-order valence-electron chi connectivity index (χ4n) is 10.6. The summed E-state index contributed by atoms with van der Waals surface area (Å²) in [6.45, 7) is 7.42. The molecular formula is C37H60O2. The summed E-state index contributed by atoms with van der Waals surface area (Å²) in [7, 11) is 0. The minimum atomic E-state index is -0.292. The maximum absolute atomic E-state index is 12.5. The molecule has 0 aromatic rings. The molecule has 2 heteroatoms. The molecule has 0 aromatic heterocycles. The van der Waals surface area contributed by atoms with Gasteiger partial charge in [-0.15, -0.1) is 0 Å². The Morgan fingerprint density at radius 2 is 1.56 bits per heavy atom. The third-order valence-electron chi connectivity index (χ3n) is 13.1. The summed E-state index contributed by atoms with van der Waals surface area (Å²) in [6, 6.07) is 0. The van der Waals surface area contributed by atoms with Crippen molar-refractivity contribution in [3.8, 4) is 0 Å². The lowest BCUT2D eigenvalue weighted by atomic mass is 9.47. The van der Waals surface area contributed by atoms with Crippen LogP contribution in [0.15, 0.2) is 23.8 Å². The normalized spacial score (nSPS) is 38.9. The van der Waals surface area contributed by atoms with Gasteiger partial charge in [0.15, 0.2) is 0 Å². The van der Waals surface area contributed by atoms with E-state index in [1.807, 2.05) is 0 Å². The summed E-state index contributed by atoms with van der Waals surface area (Å²) in [6.07, 6.45) is 34.5. The molecule has 3 unspecified atom stereocenters. The molecule has 0 amide bonds. The van der Waals surface area contributed by atoms with E-state index < -0.39 is 0 Å². The van der Waals surface area contributed by atoms with Crippen LogP contribution in [-0.4, -0.2) is 17.5 Å². The van der Waals surface area contributed by atoms with E-state index in [2.05, 4.69) is 39.0 Å². The summed E-state index contributed by atoms with van der Waals surface area (Å²) < 4.78 is 0. The molecule has 8 atom stereocenters. The highest BCUT2D eigenvalue weighted by molar-refractivity contribution is 5.64. The summed E-state index contributed by atoms with van der Waals surface area (Å²) in [5.74, 6) is 3.66. The first-order valence-electron chi connectivity index (χ1n) is 17.4. The number of carbonyl (C=O) groups excluding carboxylic acids is 1. The minimum Gasteiger partial charge on any atom is -0.389 e. The Bertz CT molecular complexity index is 882. The number of hydrogen-bond acceptors (Lipinski definition) is 2. The highest BCUT2D eigenvalue weighted by Crippen LogP contribution is 2.69. The fraction of sp³-hybridized carbons (Fsp3) is 0.865. The first-order chi connectivity index (χ1) is 18.9. The molecule has 5 aliphatic carbocycles. The van der Waals surface area contributed by atoms with Gasteiger partial charge in [-0.1, -0.05) is 115 Å². The summed E-state index contributed by atoms with van der Waals surface area (Å²) in [5, 5.41) is 10.3. The predicted octanol–water partition coefficient (Wildman–Crippen LogP) is 10.00. The van der Waals surface area contributed by atoms with Crippen molar-refractivity contribution in [3.63, 3.8) is 0 Å². The lowest BCUT2D eigenvalue weighted by Gasteiger charge is -2.57. The molecule has 220 valence electrons. The van der Waals surface area contributed by atoms with Crippen molar-refractivity contribution >= 4 is 6.29 Å². The van der Waals surface area contributed by atoms with E-state index in [4.69, 9.17) is 0 Å². The Morgan fingerprint density at radius 3 is 2.21 bits per heavy atom. The standard InChI is InChI=1S/C37H60O2/c1-4-5-6-7-8-9-10-11-12-13-14-15-34(37(27-38)24-25-37)33-19-18-31-30-17-16-28-26-29(39)20-22-35(28,2)32(30)21-23-36(31,33)3/h16,20,22,27,29-34,39H,4-15,17-19,21,23-26H2,1-3H3/t29?,30-,31-,32-,33?,34?,35-,36-/m0/s1. The third-order valence-corrected chi connectivity index (χ3v) is 13.1. The van der Waals surface area contributed by atoms with E-state index in [1.54, 1.807) is 0 Å². The first kappa shape index (κ1) is 29.6. The van der Waals surface area contributed by atoms with Crippen LogP contribution in [0.4, 0.5) is 0 Å². The Labute approximate surface area is 240 Å². The van der Waals surface area contributed by atoms with Crippen LogP contribution in [0, 0.1) is 45.8 Å². The zero-order chi connectivity index (χ0) is 27.5. The molecule has 2 nitrogen and oxygen atoms in total. The number of carbonyl (C=O) groups is 1. The van der Waals surface area contributed by atoms with Gasteiger partial charge < -0.3 is 9.90 Å². The van der Waals surface area contributed by atoms with Crippen molar-refractivity contribution in [2.75, 3.05) is 0 Å². The van der Waals surface area contributed by atoms with Crippen LogP contribution < -0.4 is 0 Å². The average molecular weight is 537 g/mol. The van der Waals surface area contributed by atoms with E-state index in [9.17, 15) is 9.90 Å². The van der Waals surface area contributed by atoms with Crippen molar-refractivity contribution < 1.29 is 9.90 Å². The Balaban J connectivity index is 1.17. The van der Waals surface area contributed by atoms with Crippen LogP contribution in [0.5, 0.6) is 0 Å². The Hall–Kier alpha value is -0.890. The number of unbranched alkanes of at least 4 members (excludes halogenated alkanes) is 10. The van der Waals surface area contributed by atoms with Crippen molar-refractivity contribution in [2.45, 2.75) is 155 Å². The van der Waals surface area contributed by atoms with E-state index in [0.717, 1.165) is 42.9 Å². The lowest BCUT2D eigenvalue weighted by Crippen LogP contribution is -2.50. The molecule has 0 aliphatic heterocycles. The first-order valence-corrected chi connectivity index (χ1v) is 17.4. The highest BCUT2D eigenvalue weighted by atomic mass is 16.3. The second-order valence-corrected chi connectivity index (χ2v) is 15.3. The number of fused-ring (bicyclic) bond motifs is 5. The molecule has 5 rings (SSSR count). The van der Waals surface area contributed by atoms with Crippen molar-refractivity contribution in [3.05, 3.63) is 23.8 Å². The van der Waals surface area contributed by atoms with Crippen molar-refractivity contribution in [1.29, 1.82) is 0 Å². The fourth-order valence-corrected chi connectivity index (χ4v) is 10.6. The number of allylic oxidation sites excluding steroid dienone is 2.